The lowest BCUT2D eigenvalue weighted by Gasteiger charge is -2.23. The van der Waals surface area contributed by atoms with Crippen molar-refractivity contribution < 1.29 is 19.8 Å². The average Bonchev–Trinajstić information content (AvgIpc) is 2.41. The van der Waals surface area contributed by atoms with E-state index in [0.29, 0.717) is 6.54 Å². The number of carbonyl (C=O) groups is 2. The summed E-state index contributed by atoms with van der Waals surface area (Å²) in [6.07, 6.45) is 0. The molecule has 130 valence electrons. The van der Waals surface area contributed by atoms with E-state index in [0.717, 1.165) is 39.3 Å². The van der Waals surface area contributed by atoms with Gasteiger partial charge in [0.25, 0.3) is 0 Å². The zero-order valence-electron chi connectivity index (χ0n) is 13.9. The predicted octanol–water partition coefficient (Wildman–Crippen LogP) is -1.07. The Balaban J connectivity index is 3.62. The first-order valence-electron chi connectivity index (χ1n) is 7.58. The normalized spacial score (nSPS) is 11.5. The molecule has 0 fully saturated rings. The van der Waals surface area contributed by atoms with Gasteiger partial charge in [-0.3, -0.25) is 19.4 Å². The number of aliphatic carboxylic acids is 2. The van der Waals surface area contributed by atoms with Crippen molar-refractivity contribution in [2.24, 2.45) is 0 Å². The second-order valence-electron chi connectivity index (χ2n) is 5.45. The minimum Gasteiger partial charge on any atom is -0.480 e. The second-order valence-corrected chi connectivity index (χ2v) is 5.45. The summed E-state index contributed by atoms with van der Waals surface area (Å²) in [5, 5.41) is 20.7. The van der Waals surface area contributed by atoms with Gasteiger partial charge in [0.05, 0.1) is 13.1 Å². The Morgan fingerprint density at radius 1 is 0.864 bits per heavy atom. The first-order chi connectivity index (χ1) is 10.3. The SMILES string of the molecule is CCN(CCN(C)CCNCCN(C)CC(=O)O)CC(=O)O. The molecule has 0 aliphatic carbocycles. The molecule has 0 saturated heterocycles. The molecule has 8 heteroatoms. The minimum atomic E-state index is -0.816. The molecule has 3 N–H and O–H groups in total. The van der Waals surface area contributed by atoms with Gasteiger partial charge in [0.15, 0.2) is 0 Å². The van der Waals surface area contributed by atoms with Crippen LogP contribution in [0.25, 0.3) is 0 Å². The molecular weight excluding hydrogens is 288 g/mol. The molecular formula is C14H30N4O4. The van der Waals surface area contributed by atoms with Gasteiger partial charge in [0.2, 0.25) is 0 Å². The summed E-state index contributed by atoms with van der Waals surface area (Å²) >= 11 is 0. The van der Waals surface area contributed by atoms with Gasteiger partial charge in [-0.1, -0.05) is 6.92 Å². The van der Waals surface area contributed by atoms with Crippen LogP contribution in [0.5, 0.6) is 0 Å². The van der Waals surface area contributed by atoms with Gasteiger partial charge in [-0.25, -0.2) is 0 Å². The van der Waals surface area contributed by atoms with E-state index in [1.54, 1.807) is 11.9 Å². The van der Waals surface area contributed by atoms with Crippen molar-refractivity contribution in [2.75, 3.05) is 73.0 Å². The van der Waals surface area contributed by atoms with Crippen molar-refractivity contribution in [3.63, 3.8) is 0 Å². The quantitative estimate of drug-likeness (QED) is 0.349. The number of hydrogen-bond donors (Lipinski definition) is 3. The molecule has 0 unspecified atom stereocenters. The minimum absolute atomic E-state index is 0.0536. The van der Waals surface area contributed by atoms with Crippen LogP contribution in [-0.2, 0) is 9.59 Å². The number of carboxylic acid groups (broad SMARTS) is 2. The van der Waals surface area contributed by atoms with E-state index in [1.165, 1.54) is 0 Å². The van der Waals surface area contributed by atoms with Crippen molar-refractivity contribution in [3.8, 4) is 0 Å². The van der Waals surface area contributed by atoms with E-state index in [2.05, 4.69) is 10.2 Å². The third kappa shape index (κ3) is 12.5. The van der Waals surface area contributed by atoms with E-state index < -0.39 is 11.9 Å². The van der Waals surface area contributed by atoms with E-state index >= 15 is 0 Å². The molecule has 0 amide bonds. The number of nitrogens with zero attached hydrogens (tertiary/aromatic N) is 3. The van der Waals surface area contributed by atoms with Crippen LogP contribution < -0.4 is 5.32 Å². The Bertz CT molecular complexity index is 328. The smallest absolute Gasteiger partial charge is 0.317 e. The lowest BCUT2D eigenvalue weighted by Crippen LogP contribution is -2.39. The molecule has 0 spiro atoms. The summed E-state index contributed by atoms with van der Waals surface area (Å²) < 4.78 is 0. The van der Waals surface area contributed by atoms with Crippen LogP contribution in [0.1, 0.15) is 6.92 Å². The second kappa shape index (κ2) is 12.3. The monoisotopic (exact) mass is 318 g/mol. The van der Waals surface area contributed by atoms with Crippen LogP contribution in [0.3, 0.4) is 0 Å². The number of hydrogen-bond acceptors (Lipinski definition) is 6. The van der Waals surface area contributed by atoms with Gasteiger partial charge in [-0.15, -0.1) is 0 Å². The maximum absolute atomic E-state index is 10.7. The number of nitrogens with one attached hydrogen (secondary N) is 1. The molecule has 8 nitrogen and oxygen atoms in total. The molecule has 0 bridgehead atoms. The fraction of sp³-hybridized carbons (Fsp3) is 0.857. The highest BCUT2D eigenvalue weighted by Crippen LogP contribution is 1.90. The predicted molar refractivity (Wildman–Crippen MR) is 85.2 cm³/mol. The zero-order valence-corrected chi connectivity index (χ0v) is 13.9. The van der Waals surface area contributed by atoms with Crippen LogP contribution in [0.4, 0.5) is 0 Å². The van der Waals surface area contributed by atoms with Gasteiger partial charge in [-0.2, -0.15) is 0 Å². The van der Waals surface area contributed by atoms with Crippen molar-refractivity contribution >= 4 is 11.9 Å². The number of likely N-dealkylation sites (N-methyl/N-ethyl adjacent to an activating group) is 3. The summed E-state index contributed by atoms with van der Waals surface area (Å²) in [4.78, 5) is 27.0. The molecule has 0 rings (SSSR count). The van der Waals surface area contributed by atoms with Crippen molar-refractivity contribution in [3.05, 3.63) is 0 Å². The van der Waals surface area contributed by atoms with Crippen molar-refractivity contribution in [1.29, 1.82) is 0 Å². The summed E-state index contributed by atoms with van der Waals surface area (Å²) in [5.41, 5.74) is 0. The molecule has 0 aromatic rings. The molecule has 0 aliphatic rings. The topological polar surface area (TPSA) is 96.4 Å². The molecule has 0 aliphatic heterocycles. The Hall–Kier alpha value is -1.22. The average molecular weight is 318 g/mol. The summed E-state index contributed by atoms with van der Waals surface area (Å²) in [5.74, 6) is -1.61. The molecule has 0 heterocycles. The van der Waals surface area contributed by atoms with E-state index in [4.69, 9.17) is 10.2 Å². The highest BCUT2D eigenvalue weighted by Gasteiger charge is 2.08. The van der Waals surface area contributed by atoms with Gasteiger partial charge in [0.1, 0.15) is 0 Å². The molecule has 0 aromatic carbocycles. The number of rotatable bonds is 14. The van der Waals surface area contributed by atoms with E-state index in [9.17, 15) is 9.59 Å². The van der Waals surface area contributed by atoms with Crippen molar-refractivity contribution in [2.45, 2.75) is 6.92 Å². The Morgan fingerprint density at radius 3 is 1.91 bits per heavy atom. The summed E-state index contributed by atoms with van der Waals surface area (Å²) in [6.45, 7) is 7.51. The fourth-order valence-corrected chi connectivity index (χ4v) is 1.94. The Labute approximate surface area is 132 Å². The third-order valence-electron chi connectivity index (χ3n) is 3.35. The Morgan fingerprint density at radius 2 is 1.41 bits per heavy atom. The van der Waals surface area contributed by atoms with Gasteiger partial charge in [-0.05, 0) is 20.6 Å². The molecule has 0 saturated carbocycles. The molecule has 22 heavy (non-hydrogen) atoms. The van der Waals surface area contributed by atoms with Crippen LogP contribution in [-0.4, -0.2) is 110 Å². The van der Waals surface area contributed by atoms with Gasteiger partial charge in [0, 0.05) is 39.3 Å². The van der Waals surface area contributed by atoms with Gasteiger partial charge >= 0.3 is 11.9 Å². The zero-order chi connectivity index (χ0) is 17.0. The maximum atomic E-state index is 10.7. The maximum Gasteiger partial charge on any atom is 0.317 e. The summed E-state index contributed by atoms with van der Waals surface area (Å²) in [6, 6.07) is 0. The summed E-state index contributed by atoms with van der Waals surface area (Å²) in [7, 11) is 3.79. The largest absolute Gasteiger partial charge is 0.480 e. The number of carboxylic acids is 2. The highest BCUT2D eigenvalue weighted by molar-refractivity contribution is 5.69. The fourth-order valence-electron chi connectivity index (χ4n) is 1.94. The molecule has 0 aromatic heterocycles. The van der Waals surface area contributed by atoms with E-state index in [1.807, 2.05) is 18.9 Å². The first kappa shape index (κ1) is 20.8. The lowest BCUT2D eigenvalue weighted by atomic mass is 10.4. The molecule has 0 atom stereocenters. The Kier molecular flexibility index (Phi) is 11.7. The van der Waals surface area contributed by atoms with Crippen LogP contribution in [0.2, 0.25) is 0 Å². The lowest BCUT2D eigenvalue weighted by molar-refractivity contribution is -0.139. The first-order valence-corrected chi connectivity index (χ1v) is 7.58. The van der Waals surface area contributed by atoms with Crippen LogP contribution in [0, 0.1) is 0 Å². The van der Waals surface area contributed by atoms with Crippen LogP contribution in [0.15, 0.2) is 0 Å². The van der Waals surface area contributed by atoms with Gasteiger partial charge < -0.3 is 20.4 Å². The van der Waals surface area contributed by atoms with Crippen molar-refractivity contribution in [1.82, 2.24) is 20.0 Å². The van der Waals surface area contributed by atoms with Crippen LogP contribution >= 0.6 is 0 Å². The van der Waals surface area contributed by atoms with E-state index in [-0.39, 0.29) is 13.1 Å². The highest BCUT2D eigenvalue weighted by atomic mass is 16.4. The molecule has 0 radical (unpaired) electrons. The third-order valence-corrected chi connectivity index (χ3v) is 3.35. The standard InChI is InChI=1S/C14H30N4O4/c1-4-18(12-14(21)22)10-9-16(2)7-5-15-6-8-17(3)11-13(19)20/h15H,4-12H2,1-3H3,(H,19,20)(H,21,22).